The molecule has 1 saturated carbocycles. The summed E-state index contributed by atoms with van der Waals surface area (Å²) in [6, 6.07) is 8.34. The predicted octanol–water partition coefficient (Wildman–Crippen LogP) is 5.01. The van der Waals surface area contributed by atoms with Crippen molar-refractivity contribution in [2.75, 3.05) is 13.7 Å². The third-order valence-electron chi connectivity index (χ3n) is 5.78. The first-order chi connectivity index (χ1) is 13.2. The van der Waals surface area contributed by atoms with Crippen LogP contribution in [-0.4, -0.2) is 35.5 Å². The molecular formula is C22H26N2O2S. The van der Waals surface area contributed by atoms with Gasteiger partial charge in [0.1, 0.15) is 10.8 Å². The lowest BCUT2D eigenvalue weighted by atomic mass is 9.78. The second-order valence-corrected chi connectivity index (χ2v) is 8.28. The largest absolute Gasteiger partial charge is 0.497 e. The molecule has 0 spiro atoms. The molecule has 1 aromatic heterocycles. The van der Waals surface area contributed by atoms with Crippen LogP contribution in [0, 0.1) is 5.92 Å². The van der Waals surface area contributed by atoms with E-state index in [0.717, 1.165) is 35.0 Å². The van der Waals surface area contributed by atoms with Gasteiger partial charge in [-0.3, -0.25) is 4.79 Å². The molecule has 0 N–H and O–H groups in total. The molecule has 1 aliphatic heterocycles. The van der Waals surface area contributed by atoms with E-state index in [1.807, 2.05) is 35.7 Å². The van der Waals surface area contributed by atoms with Crippen molar-refractivity contribution in [2.24, 2.45) is 5.92 Å². The molecule has 2 heterocycles. The summed E-state index contributed by atoms with van der Waals surface area (Å²) in [4.78, 5) is 19.5. The summed E-state index contributed by atoms with van der Waals surface area (Å²) in [7, 11) is 1.66. The topological polar surface area (TPSA) is 42.4 Å². The number of methoxy groups -OCH3 is 1. The molecule has 0 radical (unpaired) electrons. The summed E-state index contributed by atoms with van der Waals surface area (Å²) < 4.78 is 5.20. The van der Waals surface area contributed by atoms with E-state index in [4.69, 9.17) is 4.74 Å². The number of fused-ring (bicyclic) bond motifs is 1. The van der Waals surface area contributed by atoms with Crippen LogP contribution in [0.15, 0.2) is 35.7 Å². The highest BCUT2D eigenvalue weighted by atomic mass is 32.1. The minimum Gasteiger partial charge on any atom is -0.497 e. The van der Waals surface area contributed by atoms with Crippen molar-refractivity contribution in [1.29, 1.82) is 0 Å². The second-order valence-electron chi connectivity index (χ2n) is 7.43. The van der Waals surface area contributed by atoms with Gasteiger partial charge in [0.15, 0.2) is 0 Å². The number of benzene rings is 1. The molecule has 2 unspecified atom stereocenters. The average molecular weight is 383 g/mol. The first-order valence-corrected chi connectivity index (χ1v) is 10.7. The monoisotopic (exact) mass is 382 g/mol. The Morgan fingerprint density at radius 1 is 1.19 bits per heavy atom. The van der Waals surface area contributed by atoms with Crippen molar-refractivity contribution in [3.8, 4) is 16.3 Å². The number of piperidine rings is 1. The minimum absolute atomic E-state index is 0.144. The fourth-order valence-electron chi connectivity index (χ4n) is 4.38. The number of amides is 1. The fourth-order valence-corrected chi connectivity index (χ4v) is 5.17. The van der Waals surface area contributed by atoms with Crippen LogP contribution in [0.2, 0.25) is 0 Å². The van der Waals surface area contributed by atoms with Crippen LogP contribution in [0.4, 0.5) is 0 Å². The molecule has 1 aliphatic carbocycles. The normalized spacial score (nSPS) is 22.6. The number of hydrogen-bond acceptors (Lipinski definition) is 4. The first-order valence-electron chi connectivity index (χ1n) is 9.83. The van der Waals surface area contributed by atoms with Crippen LogP contribution in [-0.2, 0) is 4.79 Å². The lowest BCUT2D eigenvalue weighted by Gasteiger charge is -2.43. The van der Waals surface area contributed by atoms with E-state index < -0.39 is 0 Å². The van der Waals surface area contributed by atoms with Gasteiger partial charge in [-0.1, -0.05) is 12.8 Å². The van der Waals surface area contributed by atoms with Gasteiger partial charge in [0, 0.05) is 29.6 Å². The number of hydrogen-bond donors (Lipinski definition) is 0. The molecule has 1 aromatic carbocycles. The highest BCUT2D eigenvalue weighted by Gasteiger charge is 2.34. The predicted molar refractivity (Wildman–Crippen MR) is 110 cm³/mol. The Kier molecular flexibility index (Phi) is 5.58. The first kappa shape index (κ1) is 18.2. The SMILES string of the molecule is COc1ccc(-c2nc(C=CC(=O)N3CCCC4CCCCC43)cs2)cc1. The molecule has 4 rings (SSSR count). The highest BCUT2D eigenvalue weighted by Crippen LogP contribution is 2.35. The van der Waals surface area contributed by atoms with Gasteiger partial charge in [-0.25, -0.2) is 4.98 Å². The summed E-state index contributed by atoms with van der Waals surface area (Å²) in [6.07, 6.45) is 11.0. The molecule has 5 heteroatoms. The average Bonchev–Trinajstić information content (AvgIpc) is 3.20. The van der Waals surface area contributed by atoms with Crippen molar-refractivity contribution >= 4 is 23.3 Å². The van der Waals surface area contributed by atoms with Gasteiger partial charge in [-0.05, 0) is 61.9 Å². The summed E-state index contributed by atoms with van der Waals surface area (Å²) in [6.45, 7) is 0.901. The number of rotatable bonds is 4. The molecule has 2 aliphatic rings. The number of ether oxygens (including phenoxy) is 1. The van der Waals surface area contributed by atoms with Gasteiger partial charge >= 0.3 is 0 Å². The van der Waals surface area contributed by atoms with Crippen molar-refractivity contribution < 1.29 is 9.53 Å². The van der Waals surface area contributed by atoms with E-state index in [-0.39, 0.29) is 5.91 Å². The third-order valence-corrected chi connectivity index (χ3v) is 6.69. The smallest absolute Gasteiger partial charge is 0.246 e. The number of aromatic nitrogens is 1. The molecule has 1 amide bonds. The van der Waals surface area contributed by atoms with Crippen LogP contribution in [0.1, 0.15) is 44.2 Å². The van der Waals surface area contributed by atoms with Crippen LogP contribution < -0.4 is 4.74 Å². The zero-order chi connectivity index (χ0) is 18.6. The van der Waals surface area contributed by atoms with E-state index >= 15 is 0 Å². The fraction of sp³-hybridized carbons (Fsp3) is 0.455. The van der Waals surface area contributed by atoms with Gasteiger partial charge in [0.25, 0.3) is 0 Å². The van der Waals surface area contributed by atoms with Gasteiger partial charge in [0.05, 0.1) is 12.8 Å². The van der Waals surface area contributed by atoms with Gasteiger partial charge in [-0.2, -0.15) is 0 Å². The Labute approximate surface area is 164 Å². The Balaban J connectivity index is 1.43. The number of carbonyl (C=O) groups is 1. The van der Waals surface area contributed by atoms with Crippen molar-refractivity contribution in [2.45, 2.75) is 44.6 Å². The van der Waals surface area contributed by atoms with Gasteiger partial charge in [-0.15, -0.1) is 11.3 Å². The van der Waals surface area contributed by atoms with E-state index in [0.29, 0.717) is 12.0 Å². The van der Waals surface area contributed by atoms with E-state index in [2.05, 4.69) is 9.88 Å². The summed E-state index contributed by atoms with van der Waals surface area (Å²) >= 11 is 1.59. The van der Waals surface area contributed by atoms with E-state index in [1.54, 1.807) is 24.5 Å². The zero-order valence-electron chi connectivity index (χ0n) is 15.8. The molecular weight excluding hydrogens is 356 g/mol. The van der Waals surface area contributed by atoms with Crippen molar-refractivity contribution in [1.82, 2.24) is 9.88 Å². The third kappa shape index (κ3) is 4.08. The van der Waals surface area contributed by atoms with Crippen LogP contribution in [0.3, 0.4) is 0 Å². The molecule has 4 nitrogen and oxygen atoms in total. The van der Waals surface area contributed by atoms with Gasteiger partial charge < -0.3 is 9.64 Å². The number of thiazole rings is 1. The summed E-state index contributed by atoms with van der Waals surface area (Å²) in [5.74, 6) is 1.69. The Morgan fingerprint density at radius 2 is 1.96 bits per heavy atom. The van der Waals surface area contributed by atoms with Crippen molar-refractivity contribution in [3.63, 3.8) is 0 Å². The minimum atomic E-state index is 0.144. The number of likely N-dealkylation sites (tertiary alicyclic amines) is 1. The maximum Gasteiger partial charge on any atom is 0.246 e. The molecule has 2 fully saturated rings. The Hall–Kier alpha value is -2.14. The summed E-state index contributed by atoms with van der Waals surface area (Å²) in [5.41, 5.74) is 1.91. The molecule has 0 bridgehead atoms. The van der Waals surface area contributed by atoms with Crippen molar-refractivity contribution in [3.05, 3.63) is 41.4 Å². The zero-order valence-corrected chi connectivity index (χ0v) is 16.6. The van der Waals surface area contributed by atoms with Crippen LogP contribution in [0.25, 0.3) is 16.6 Å². The van der Waals surface area contributed by atoms with Crippen LogP contribution in [0.5, 0.6) is 5.75 Å². The maximum atomic E-state index is 12.8. The Bertz CT molecular complexity index is 810. The standard InChI is InChI=1S/C22H26N2O2S/c1-26-19-11-8-17(9-12-19)22-23-18(15-27-22)10-13-21(25)24-14-4-6-16-5-2-3-7-20(16)24/h8-13,15-16,20H,2-7,14H2,1H3. The second kappa shape index (κ2) is 8.26. The number of nitrogens with zero attached hydrogens (tertiary/aromatic N) is 2. The van der Waals surface area contributed by atoms with E-state index in [9.17, 15) is 4.79 Å². The molecule has 2 atom stereocenters. The maximum absolute atomic E-state index is 12.8. The Morgan fingerprint density at radius 3 is 2.78 bits per heavy atom. The lowest BCUT2D eigenvalue weighted by Crippen LogP contribution is -2.49. The molecule has 1 saturated heterocycles. The van der Waals surface area contributed by atoms with Gasteiger partial charge in [0.2, 0.25) is 5.91 Å². The summed E-state index contributed by atoms with van der Waals surface area (Å²) in [5, 5.41) is 2.96. The lowest BCUT2D eigenvalue weighted by molar-refractivity contribution is -0.132. The quantitative estimate of drug-likeness (QED) is 0.698. The van der Waals surface area contributed by atoms with E-state index in [1.165, 1.54) is 32.1 Å². The molecule has 2 aromatic rings. The highest BCUT2D eigenvalue weighted by molar-refractivity contribution is 7.13. The number of carbonyl (C=O) groups excluding carboxylic acids is 1. The van der Waals surface area contributed by atoms with Crippen LogP contribution >= 0.6 is 11.3 Å². The molecule has 27 heavy (non-hydrogen) atoms. The molecule has 142 valence electrons.